The number of hydrogen-bond donors (Lipinski definition) is 2. The first-order chi connectivity index (χ1) is 8.85. The fourth-order valence-electron chi connectivity index (χ4n) is 1.29. The van der Waals surface area contributed by atoms with E-state index in [1.165, 1.54) is 6.92 Å². The number of nitrogens with one attached hydrogen (secondary N) is 1. The van der Waals surface area contributed by atoms with Crippen LogP contribution in [0.5, 0.6) is 0 Å². The summed E-state index contributed by atoms with van der Waals surface area (Å²) in [6.45, 7) is 1.20. The maximum absolute atomic E-state index is 11.7. The molecule has 19 heavy (non-hydrogen) atoms. The van der Waals surface area contributed by atoms with E-state index in [2.05, 4.69) is 5.32 Å². The van der Waals surface area contributed by atoms with Crippen LogP contribution in [0.4, 0.5) is 11.4 Å². The number of nitro groups is 2. The first kappa shape index (κ1) is 14.5. The second-order valence-electron chi connectivity index (χ2n) is 3.81. The van der Waals surface area contributed by atoms with E-state index in [9.17, 15) is 25.0 Å². The van der Waals surface area contributed by atoms with E-state index in [4.69, 9.17) is 5.11 Å². The van der Waals surface area contributed by atoms with Gasteiger partial charge in [0.25, 0.3) is 17.3 Å². The fraction of sp³-hybridized carbons (Fsp3) is 0.300. The van der Waals surface area contributed by atoms with Gasteiger partial charge in [-0.15, -0.1) is 0 Å². The molecule has 9 heteroatoms. The molecule has 0 heterocycles. The van der Waals surface area contributed by atoms with Crippen LogP contribution >= 0.6 is 0 Å². The standard InChI is InChI=1S/C10H11N3O6/c1-6(5-14)11-10(15)7-2-8(12(16)17)4-9(3-7)13(18)19/h2-4,6,14H,5H2,1H3,(H,11,15). The van der Waals surface area contributed by atoms with Crippen LogP contribution in [0.3, 0.4) is 0 Å². The molecule has 0 aliphatic carbocycles. The van der Waals surface area contributed by atoms with Crippen LogP contribution < -0.4 is 5.32 Å². The number of non-ortho nitro benzene ring substituents is 2. The normalized spacial score (nSPS) is 11.7. The second-order valence-corrected chi connectivity index (χ2v) is 3.81. The molecule has 0 fully saturated rings. The van der Waals surface area contributed by atoms with Crippen molar-refractivity contribution in [2.75, 3.05) is 6.61 Å². The average Bonchev–Trinajstić information content (AvgIpc) is 2.37. The van der Waals surface area contributed by atoms with Crippen LogP contribution in [0.2, 0.25) is 0 Å². The molecule has 102 valence electrons. The van der Waals surface area contributed by atoms with Gasteiger partial charge in [-0.25, -0.2) is 0 Å². The van der Waals surface area contributed by atoms with Crippen molar-refractivity contribution in [1.82, 2.24) is 5.32 Å². The summed E-state index contributed by atoms with van der Waals surface area (Å²) in [5.41, 5.74) is -1.30. The van der Waals surface area contributed by atoms with Gasteiger partial charge in [0.1, 0.15) is 0 Å². The van der Waals surface area contributed by atoms with Crippen molar-refractivity contribution in [1.29, 1.82) is 0 Å². The number of aliphatic hydroxyl groups is 1. The van der Waals surface area contributed by atoms with Crippen molar-refractivity contribution in [3.63, 3.8) is 0 Å². The lowest BCUT2D eigenvalue weighted by Gasteiger charge is -2.10. The van der Waals surface area contributed by atoms with Gasteiger partial charge in [0.15, 0.2) is 0 Å². The van der Waals surface area contributed by atoms with Crippen molar-refractivity contribution >= 4 is 17.3 Å². The maximum Gasteiger partial charge on any atom is 0.277 e. The number of nitrogens with zero attached hydrogens (tertiary/aromatic N) is 2. The zero-order chi connectivity index (χ0) is 14.6. The SMILES string of the molecule is CC(CO)NC(=O)c1cc([N+](=O)[O-])cc([N+](=O)[O-])c1. The molecule has 0 aromatic heterocycles. The molecule has 1 rings (SSSR count). The molecule has 0 radical (unpaired) electrons. The first-order valence-electron chi connectivity index (χ1n) is 5.20. The lowest BCUT2D eigenvalue weighted by atomic mass is 10.1. The zero-order valence-corrected chi connectivity index (χ0v) is 9.90. The van der Waals surface area contributed by atoms with Crippen molar-refractivity contribution < 1.29 is 19.7 Å². The van der Waals surface area contributed by atoms with Gasteiger partial charge in [0, 0.05) is 18.2 Å². The summed E-state index contributed by atoms with van der Waals surface area (Å²) >= 11 is 0. The summed E-state index contributed by atoms with van der Waals surface area (Å²) in [6.07, 6.45) is 0. The van der Waals surface area contributed by atoms with Gasteiger partial charge in [0.05, 0.1) is 28.1 Å². The lowest BCUT2D eigenvalue weighted by molar-refractivity contribution is -0.394. The van der Waals surface area contributed by atoms with Crippen molar-refractivity contribution in [2.24, 2.45) is 0 Å². The number of aliphatic hydroxyl groups excluding tert-OH is 1. The van der Waals surface area contributed by atoms with Gasteiger partial charge >= 0.3 is 0 Å². The smallest absolute Gasteiger partial charge is 0.277 e. The molecule has 1 aromatic rings. The Morgan fingerprint density at radius 1 is 1.26 bits per heavy atom. The zero-order valence-electron chi connectivity index (χ0n) is 9.90. The van der Waals surface area contributed by atoms with E-state index in [1.54, 1.807) is 0 Å². The highest BCUT2D eigenvalue weighted by Gasteiger charge is 2.20. The van der Waals surface area contributed by atoms with Crippen molar-refractivity contribution in [3.05, 3.63) is 44.0 Å². The van der Waals surface area contributed by atoms with Crippen LogP contribution in [-0.2, 0) is 0 Å². The monoisotopic (exact) mass is 269 g/mol. The minimum atomic E-state index is -0.820. The van der Waals surface area contributed by atoms with E-state index in [0.717, 1.165) is 18.2 Å². The summed E-state index contributed by atoms with van der Waals surface area (Å²) in [6, 6.07) is 2.08. The Morgan fingerprint density at radius 2 is 1.74 bits per heavy atom. The fourth-order valence-corrected chi connectivity index (χ4v) is 1.29. The van der Waals surface area contributed by atoms with Crippen molar-refractivity contribution in [2.45, 2.75) is 13.0 Å². The highest BCUT2D eigenvalue weighted by atomic mass is 16.6. The van der Waals surface area contributed by atoms with E-state index < -0.39 is 33.2 Å². The van der Waals surface area contributed by atoms with E-state index in [0.29, 0.717) is 0 Å². The Labute approximate surface area is 107 Å². The number of carbonyl (C=O) groups excluding carboxylic acids is 1. The third-order valence-electron chi connectivity index (χ3n) is 2.24. The number of hydrogen-bond acceptors (Lipinski definition) is 6. The molecule has 2 N–H and O–H groups in total. The minimum Gasteiger partial charge on any atom is -0.394 e. The molecule has 9 nitrogen and oxygen atoms in total. The number of benzene rings is 1. The van der Waals surface area contributed by atoms with Crippen molar-refractivity contribution in [3.8, 4) is 0 Å². The maximum atomic E-state index is 11.7. The quantitative estimate of drug-likeness (QED) is 0.593. The molecule has 0 bridgehead atoms. The van der Waals surface area contributed by atoms with E-state index in [1.807, 2.05) is 0 Å². The average molecular weight is 269 g/mol. The molecule has 0 spiro atoms. The molecular weight excluding hydrogens is 258 g/mol. The number of nitro benzene ring substituents is 2. The Hall–Kier alpha value is -2.55. The summed E-state index contributed by atoms with van der Waals surface area (Å²) in [5.74, 6) is -0.728. The molecule has 1 aromatic carbocycles. The molecular formula is C10H11N3O6. The Morgan fingerprint density at radius 3 is 2.11 bits per heavy atom. The summed E-state index contributed by atoms with van der Waals surface area (Å²) in [4.78, 5) is 31.3. The first-order valence-corrected chi connectivity index (χ1v) is 5.20. The molecule has 1 amide bonds. The predicted molar refractivity (Wildman–Crippen MR) is 63.8 cm³/mol. The largest absolute Gasteiger partial charge is 0.394 e. The molecule has 0 saturated carbocycles. The van der Waals surface area contributed by atoms with Crippen LogP contribution in [0.15, 0.2) is 18.2 Å². The Balaban J connectivity index is 3.16. The van der Waals surface area contributed by atoms with Gasteiger partial charge in [-0.3, -0.25) is 25.0 Å². The number of carbonyl (C=O) groups is 1. The molecule has 1 unspecified atom stereocenters. The minimum absolute atomic E-state index is 0.207. The summed E-state index contributed by atoms with van der Waals surface area (Å²) in [5, 5.41) is 32.4. The van der Waals surface area contributed by atoms with Gasteiger partial charge in [-0.05, 0) is 6.92 Å². The van der Waals surface area contributed by atoms with E-state index >= 15 is 0 Å². The highest BCUT2D eigenvalue weighted by molar-refractivity contribution is 5.95. The third-order valence-corrected chi connectivity index (χ3v) is 2.24. The van der Waals surface area contributed by atoms with Gasteiger partial charge < -0.3 is 10.4 Å². The Bertz CT molecular complexity index is 498. The topological polar surface area (TPSA) is 136 Å². The second kappa shape index (κ2) is 5.87. The van der Waals surface area contributed by atoms with Gasteiger partial charge in [-0.1, -0.05) is 0 Å². The van der Waals surface area contributed by atoms with E-state index in [-0.39, 0.29) is 12.2 Å². The van der Waals surface area contributed by atoms with Crippen LogP contribution in [-0.4, -0.2) is 33.5 Å². The number of amides is 1. The molecule has 0 saturated heterocycles. The van der Waals surface area contributed by atoms with Crippen LogP contribution in [0, 0.1) is 20.2 Å². The van der Waals surface area contributed by atoms with Gasteiger partial charge in [-0.2, -0.15) is 0 Å². The highest BCUT2D eigenvalue weighted by Crippen LogP contribution is 2.22. The van der Waals surface area contributed by atoms with Crippen LogP contribution in [0.1, 0.15) is 17.3 Å². The Kier molecular flexibility index (Phi) is 4.48. The summed E-state index contributed by atoms with van der Waals surface area (Å²) < 4.78 is 0. The molecule has 1 atom stereocenters. The lowest BCUT2D eigenvalue weighted by Crippen LogP contribution is -2.35. The van der Waals surface area contributed by atoms with Crippen LogP contribution in [0.25, 0.3) is 0 Å². The molecule has 0 aliphatic heterocycles. The predicted octanol–water partition coefficient (Wildman–Crippen LogP) is 0.614. The van der Waals surface area contributed by atoms with Gasteiger partial charge in [0.2, 0.25) is 0 Å². The number of rotatable bonds is 5. The third kappa shape index (κ3) is 3.71. The summed E-state index contributed by atoms with van der Waals surface area (Å²) in [7, 11) is 0. The molecule has 0 aliphatic rings.